The van der Waals surface area contributed by atoms with Crippen molar-refractivity contribution in [3.63, 3.8) is 0 Å². The molecule has 3 heterocycles. The van der Waals surface area contributed by atoms with Gasteiger partial charge in [-0.05, 0) is 62.8 Å². The molecular weight excluding hydrogens is 522 g/mol. The Labute approximate surface area is 236 Å². The van der Waals surface area contributed by atoms with Crippen molar-refractivity contribution in [2.45, 2.75) is 45.3 Å². The van der Waals surface area contributed by atoms with Crippen LogP contribution in [0.2, 0.25) is 0 Å². The third-order valence-electron chi connectivity index (χ3n) is 7.28. The molecule has 1 aliphatic carbocycles. The van der Waals surface area contributed by atoms with Gasteiger partial charge in [-0.25, -0.2) is 15.2 Å². The monoisotopic (exact) mass is 553 g/mol. The van der Waals surface area contributed by atoms with Crippen LogP contribution in [0, 0.1) is 5.92 Å². The maximum absolute atomic E-state index is 13.8. The molecule has 0 unspecified atom stereocenters. The fourth-order valence-corrected chi connectivity index (χ4v) is 5.58. The largest absolute Gasteiger partial charge is 0.444 e. The van der Waals surface area contributed by atoms with Gasteiger partial charge in [0.2, 0.25) is 5.91 Å². The van der Waals surface area contributed by atoms with Crippen LogP contribution in [0.4, 0.5) is 10.5 Å². The first-order chi connectivity index (χ1) is 19.6. The van der Waals surface area contributed by atoms with Crippen LogP contribution < -0.4 is 16.1 Å². The highest BCUT2D eigenvalue weighted by atomic mass is 16.6. The predicted molar refractivity (Wildman–Crippen MR) is 155 cm³/mol. The molecule has 2 aromatic heterocycles. The summed E-state index contributed by atoms with van der Waals surface area (Å²) in [7, 11) is 1.87. The standard InChI is InChI=1S/C30H31N7O4/c1-30(2,3)41-29(40)35-25(18-9-16-7-5-6-8-17(16)10-18)28(39)33-19-11-20-24-21(13-32-36-27(20)38)26(34-22(24)12-19)23-14-37(4)15-31-23/h5-8,11-15,18,25,34H,9-10H2,1-4H3,(H,33,39)(H,35,40)(H,36,38)/t25-/m1/s1. The molecule has 0 saturated heterocycles. The van der Waals surface area contributed by atoms with Gasteiger partial charge in [0.05, 0.1) is 23.8 Å². The number of nitrogens with one attached hydrogen (secondary N) is 4. The molecule has 0 saturated carbocycles. The van der Waals surface area contributed by atoms with Gasteiger partial charge in [0.25, 0.3) is 5.91 Å². The van der Waals surface area contributed by atoms with Crippen molar-refractivity contribution in [3.8, 4) is 11.4 Å². The number of aromatic nitrogens is 3. The number of hydrogen-bond acceptors (Lipinski definition) is 6. The van der Waals surface area contributed by atoms with Crippen molar-refractivity contribution in [1.29, 1.82) is 0 Å². The Kier molecular flexibility index (Phi) is 6.36. The quantitative estimate of drug-likeness (QED) is 0.297. The lowest BCUT2D eigenvalue weighted by Crippen LogP contribution is -2.50. The van der Waals surface area contributed by atoms with Crippen LogP contribution in [-0.2, 0) is 29.4 Å². The fraction of sp³-hybridized carbons (Fsp3) is 0.300. The molecule has 210 valence electrons. The Morgan fingerprint density at radius 3 is 2.54 bits per heavy atom. The Morgan fingerprint density at radius 1 is 1.15 bits per heavy atom. The Balaban J connectivity index is 1.34. The Hall–Kier alpha value is -4.93. The molecule has 2 aliphatic rings. The van der Waals surface area contributed by atoms with Crippen molar-refractivity contribution in [2.24, 2.45) is 18.1 Å². The van der Waals surface area contributed by atoms with Crippen molar-refractivity contribution >= 4 is 40.7 Å². The van der Waals surface area contributed by atoms with Crippen LogP contribution in [0.3, 0.4) is 0 Å². The number of anilines is 1. The van der Waals surface area contributed by atoms with E-state index in [9.17, 15) is 14.4 Å². The Morgan fingerprint density at radius 2 is 1.88 bits per heavy atom. The van der Waals surface area contributed by atoms with E-state index in [1.807, 2.05) is 42.1 Å². The summed E-state index contributed by atoms with van der Waals surface area (Å²) in [5, 5.41) is 10.5. The molecule has 0 bridgehead atoms. The van der Waals surface area contributed by atoms with E-state index in [1.165, 1.54) is 0 Å². The van der Waals surface area contributed by atoms with Crippen molar-refractivity contribution in [1.82, 2.24) is 25.3 Å². The molecule has 2 aromatic carbocycles. The molecule has 11 nitrogen and oxygen atoms in total. The van der Waals surface area contributed by atoms with E-state index < -0.39 is 29.6 Å². The summed E-state index contributed by atoms with van der Waals surface area (Å²) in [6.45, 7) is 5.32. The predicted octanol–water partition coefficient (Wildman–Crippen LogP) is 3.89. The smallest absolute Gasteiger partial charge is 0.408 e. The average Bonchev–Trinajstić information content (AvgIpc) is 3.59. The van der Waals surface area contributed by atoms with Crippen LogP contribution in [0.15, 0.2) is 54.0 Å². The number of rotatable bonds is 5. The molecule has 4 aromatic rings. The number of nitrogens with zero attached hydrogens (tertiary/aromatic N) is 3. The van der Waals surface area contributed by atoms with Gasteiger partial charge in [0.15, 0.2) is 0 Å². The van der Waals surface area contributed by atoms with Crippen molar-refractivity contribution in [2.75, 3.05) is 5.32 Å². The lowest BCUT2D eigenvalue weighted by atomic mass is 9.95. The number of aryl methyl sites for hydroxylation is 1. The van der Waals surface area contributed by atoms with Gasteiger partial charge in [-0.3, -0.25) is 9.59 Å². The number of aromatic amines is 1. The maximum atomic E-state index is 13.8. The van der Waals surface area contributed by atoms with Crippen LogP contribution in [0.5, 0.6) is 0 Å². The van der Waals surface area contributed by atoms with Gasteiger partial charge in [0, 0.05) is 35.4 Å². The Bertz CT molecular complexity index is 1700. The highest BCUT2D eigenvalue weighted by molar-refractivity contribution is 6.18. The van der Waals surface area contributed by atoms with Crippen LogP contribution in [0.25, 0.3) is 22.3 Å². The highest BCUT2D eigenvalue weighted by Crippen LogP contribution is 2.35. The maximum Gasteiger partial charge on any atom is 0.408 e. The van der Waals surface area contributed by atoms with Crippen LogP contribution >= 0.6 is 0 Å². The number of hydrogen-bond donors (Lipinski definition) is 4. The molecule has 6 rings (SSSR count). The second-order valence-corrected chi connectivity index (χ2v) is 11.5. The third-order valence-corrected chi connectivity index (χ3v) is 7.28. The molecule has 0 radical (unpaired) electrons. The summed E-state index contributed by atoms with van der Waals surface area (Å²) in [5.74, 6) is -0.973. The van der Waals surface area contributed by atoms with E-state index in [4.69, 9.17) is 4.74 Å². The third kappa shape index (κ3) is 5.18. The van der Waals surface area contributed by atoms with Gasteiger partial charge in [-0.2, -0.15) is 5.10 Å². The molecule has 1 aliphatic heterocycles. The molecule has 4 N–H and O–H groups in total. The lowest BCUT2D eigenvalue weighted by Gasteiger charge is -2.26. The van der Waals surface area contributed by atoms with E-state index in [-0.39, 0.29) is 5.92 Å². The zero-order chi connectivity index (χ0) is 28.9. The van der Waals surface area contributed by atoms with Gasteiger partial charge in [-0.15, -0.1) is 0 Å². The first-order valence-corrected chi connectivity index (χ1v) is 13.4. The number of benzene rings is 2. The minimum Gasteiger partial charge on any atom is -0.444 e. The summed E-state index contributed by atoms with van der Waals surface area (Å²) in [4.78, 5) is 47.4. The number of carbonyl (C=O) groups excluding carboxylic acids is 3. The van der Waals surface area contributed by atoms with Gasteiger partial charge >= 0.3 is 6.09 Å². The van der Waals surface area contributed by atoms with E-state index in [1.54, 1.807) is 45.4 Å². The van der Waals surface area contributed by atoms with Crippen molar-refractivity contribution in [3.05, 3.63) is 71.2 Å². The topological polar surface area (TPSA) is 142 Å². The number of imidazole rings is 1. The van der Waals surface area contributed by atoms with Gasteiger partial charge in [0.1, 0.15) is 17.3 Å². The average molecular weight is 554 g/mol. The number of carbonyl (C=O) groups is 3. The van der Waals surface area contributed by atoms with E-state index in [2.05, 4.69) is 31.1 Å². The van der Waals surface area contributed by atoms with Crippen LogP contribution in [0.1, 0.15) is 47.8 Å². The zero-order valence-corrected chi connectivity index (χ0v) is 23.2. The first-order valence-electron chi connectivity index (χ1n) is 13.4. The normalized spacial score (nSPS) is 15.3. The number of alkyl carbamates (subject to hydrolysis) is 1. The zero-order valence-electron chi connectivity index (χ0n) is 23.2. The molecule has 0 fully saturated rings. The lowest BCUT2D eigenvalue weighted by molar-refractivity contribution is -0.119. The molecule has 41 heavy (non-hydrogen) atoms. The fourth-order valence-electron chi connectivity index (χ4n) is 5.58. The van der Waals surface area contributed by atoms with E-state index >= 15 is 0 Å². The minimum absolute atomic E-state index is 0.172. The summed E-state index contributed by atoms with van der Waals surface area (Å²) in [6, 6.07) is 10.6. The van der Waals surface area contributed by atoms with E-state index in [0.717, 1.165) is 16.7 Å². The van der Waals surface area contributed by atoms with Gasteiger partial charge in [-0.1, -0.05) is 24.3 Å². The summed E-state index contributed by atoms with van der Waals surface area (Å²) in [6.07, 6.45) is 5.76. The second-order valence-electron chi connectivity index (χ2n) is 11.5. The number of ether oxygens (including phenoxy) is 1. The SMILES string of the molecule is Cn1cnc(-c2[nH]c3cc(NC(=O)[C@H](NC(=O)OC(C)(C)C)C4Cc5ccccc5C4)cc4c3c2C=NNC4=O)c1. The molecule has 11 heteroatoms. The summed E-state index contributed by atoms with van der Waals surface area (Å²) in [5.41, 5.74) is 7.64. The first kappa shape index (κ1) is 26.3. The number of hydrazone groups is 1. The second kappa shape index (κ2) is 9.92. The molecule has 1 atom stereocenters. The molecule has 3 amide bonds. The molecule has 0 spiro atoms. The number of fused-ring (bicyclic) bond motifs is 1. The summed E-state index contributed by atoms with van der Waals surface area (Å²) >= 11 is 0. The molecular formula is C30H31N7O4. The number of amides is 3. The highest BCUT2D eigenvalue weighted by Gasteiger charge is 2.36. The van der Waals surface area contributed by atoms with E-state index in [0.29, 0.717) is 46.4 Å². The van der Waals surface area contributed by atoms with Gasteiger partial charge < -0.3 is 24.9 Å². The number of H-pyrrole nitrogens is 1. The van der Waals surface area contributed by atoms with Crippen molar-refractivity contribution < 1.29 is 19.1 Å². The van der Waals surface area contributed by atoms with Crippen LogP contribution in [-0.4, -0.2) is 50.3 Å². The summed E-state index contributed by atoms with van der Waals surface area (Å²) < 4.78 is 7.32. The minimum atomic E-state index is -0.868.